The topological polar surface area (TPSA) is 24.1 Å². The van der Waals surface area contributed by atoms with E-state index in [1.807, 2.05) is 0 Å². The molecule has 1 aromatic carbocycles. The molecule has 0 amide bonds. The Morgan fingerprint density at radius 3 is 2.53 bits per heavy atom. The van der Waals surface area contributed by atoms with Crippen molar-refractivity contribution in [1.29, 1.82) is 0 Å². The second kappa shape index (κ2) is 5.19. The molecule has 1 heterocycles. The Balaban J connectivity index is 2.04. The van der Waals surface area contributed by atoms with E-state index in [0.29, 0.717) is 6.04 Å². The lowest BCUT2D eigenvalue weighted by molar-refractivity contribution is 0.294. The van der Waals surface area contributed by atoms with Crippen LogP contribution in [0.1, 0.15) is 37.8 Å². The molecule has 1 saturated heterocycles. The van der Waals surface area contributed by atoms with Gasteiger partial charge in [0.05, 0.1) is 0 Å². The Kier molecular flexibility index (Phi) is 3.85. The molecule has 2 N–H and O–H groups in total. The monoisotopic (exact) mass is 232 g/mol. The summed E-state index contributed by atoms with van der Waals surface area (Å²) >= 11 is 0. The number of nitrogens with one attached hydrogen (secondary N) is 2. The van der Waals surface area contributed by atoms with Crippen LogP contribution in [0.4, 0.5) is 0 Å². The van der Waals surface area contributed by atoms with Crippen LogP contribution in [-0.4, -0.2) is 19.1 Å². The predicted octanol–water partition coefficient (Wildman–Crippen LogP) is 2.57. The molecule has 0 bridgehead atoms. The van der Waals surface area contributed by atoms with Crippen LogP contribution in [0.3, 0.4) is 0 Å². The zero-order valence-corrected chi connectivity index (χ0v) is 11.2. The third-order valence-corrected chi connectivity index (χ3v) is 3.64. The Morgan fingerprint density at radius 1 is 1.24 bits per heavy atom. The van der Waals surface area contributed by atoms with E-state index in [-0.39, 0.29) is 5.54 Å². The van der Waals surface area contributed by atoms with Crippen LogP contribution < -0.4 is 10.6 Å². The van der Waals surface area contributed by atoms with Crippen LogP contribution >= 0.6 is 0 Å². The molecule has 0 radical (unpaired) electrons. The maximum absolute atomic E-state index is 3.77. The molecule has 1 aliphatic rings. The molecule has 1 aromatic rings. The molecule has 0 saturated carbocycles. The minimum absolute atomic E-state index is 0.0530. The second-order valence-corrected chi connectivity index (χ2v) is 5.68. The van der Waals surface area contributed by atoms with Crippen molar-refractivity contribution in [1.82, 2.24) is 10.6 Å². The van der Waals surface area contributed by atoms with Gasteiger partial charge in [-0.2, -0.15) is 0 Å². The molecule has 2 rings (SSSR count). The van der Waals surface area contributed by atoms with E-state index in [1.165, 1.54) is 30.5 Å². The zero-order chi connectivity index (χ0) is 12.3. The van der Waals surface area contributed by atoms with Gasteiger partial charge in [-0.3, -0.25) is 0 Å². The van der Waals surface area contributed by atoms with Gasteiger partial charge in [-0.1, -0.05) is 29.8 Å². The van der Waals surface area contributed by atoms with Gasteiger partial charge in [0.2, 0.25) is 0 Å². The molecular formula is C15H24N2. The van der Waals surface area contributed by atoms with E-state index < -0.39 is 0 Å². The first kappa shape index (κ1) is 12.6. The van der Waals surface area contributed by atoms with Crippen LogP contribution in [0.5, 0.6) is 0 Å². The van der Waals surface area contributed by atoms with Crippen molar-refractivity contribution in [3.63, 3.8) is 0 Å². The number of piperidine rings is 1. The molecule has 1 atom stereocenters. The van der Waals surface area contributed by atoms with Gasteiger partial charge in [-0.05, 0) is 45.7 Å². The highest BCUT2D eigenvalue weighted by molar-refractivity contribution is 5.27. The third-order valence-electron chi connectivity index (χ3n) is 3.64. The van der Waals surface area contributed by atoms with Gasteiger partial charge in [0, 0.05) is 18.1 Å². The average molecular weight is 232 g/mol. The number of hydrogen-bond donors (Lipinski definition) is 2. The van der Waals surface area contributed by atoms with Gasteiger partial charge in [0.1, 0.15) is 0 Å². The third kappa shape index (κ3) is 3.30. The number of aryl methyl sites for hydroxylation is 1. The molecule has 1 fully saturated rings. The number of rotatable bonds is 3. The smallest absolute Gasteiger partial charge is 0.0380 e. The maximum atomic E-state index is 3.77. The van der Waals surface area contributed by atoms with Crippen molar-refractivity contribution < 1.29 is 0 Å². The molecule has 0 aromatic heterocycles. The minimum Gasteiger partial charge on any atom is -0.315 e. The Bertz CT molecular complexity index is 348. The molecule has 0 unspecified atom stereocenters. The first-order valence-corrected chi connectivity index (χ1v) is 6.63. The fraction of sp³-hybridized carbons (Fsp3) is 0.600. The summed E-state index contributed by atoms with van der Waals surface area (Å²) in [5.74, 6) is 0. The van der Waals surface area contributed by atoms with Gasteiger partial charge >= 0.3 is 0 Å². The van der Waals surface area contributed by atoms with Gasteiger partial charge in [-0.25, -0.2) is 0 Å². The zero-order valence-electron chi connectivity index (χ0n) is 11.2. The standard InChI is InChI=1S/C15H24N2/c1-12-6-8-13(9-7-12)15(2,3)17-14-5-4-10-16-11-14/h6-9,14,16-17H,4-5,10-11H2,1-3H3/t14-/m0/s1. The van der Waals surface area contributed by atoms with Gasteiger partial charge in [-0.15, -0.1) is 0 Å². The van der Waals surface area contributed by atoms with Crippen molar-refractivity contribution in [3.8, 4) is 0 Å². The van der Waals surface area contributed by atoms with Crippen molar-refractivity contribution in [3.05, 3.63) is 35.4 Å². The molecule has 0 aliphatic carbocycles. The molecule has 0 spiro atoms. The normalized spacial score (nSPS) is 21.5. The summed E-state index contributed by atoms with van der Waals surface area (Å²) in [6, 6.07) is 9.45. The number of hydrogen-bond acceptors (Lipinski definition) is 2. The molecule has 2 heteroatoms. The first-order chi connectivity index (χ1) is 8.08. The second-order valence-electron chi connectivity index (χ2n) is 5.68. The van der Waals surface area contributed by atoms with Crippen LogP contribution in [-0.2, 0) is 5.54 Å². The molecule has 17 heavy (non-hydrogen) atoms. The Morgan fingerprint density at radius 2 is 1.94 bits per heavy atom. The highest BCUT2D eigenvalue weighted by Gasteiger charge is 2.24. The van der Waals surface area contributed by atoms with E-state index in [0.717, 1.165) is 6.54 Å². The summed E-state index contributed by atoms with van der Waals surface area (Å²) in [6.45, 7) is 8.94. The minimum atomic E-state index is 0.0530. The van der Waals surface area contributed by atoms with Crippen molar-refractivity contribution in [2.45, 2.75) is 45.2 Å². The van der Waals surface area contributed by atoms with E-state index >= 15 is 0 Å². The van der Waals surface area contributed by atoms with Gasteiger partial charge in [0.15, 0.2) is 0 Å². The highest BCUT2D eigenvalue weighted by atomic mass is 15.0. The molecule has 2 nitrogen and oxygen atoms in total. The SMILES string of the molecule is Cc1ccc(C(C)(C)N[C@H]2CCCNC2)cc1. The van der Waals surface area contributed by atoms with E-state index in [9.17, 15) is 0 Å². The van der Waals surface area contributed by atoms with Crippen molar-refractivity contribution in [2.24, 2.45) is 0 Å². The first-order valence-electron chi connectivity index (χ1n) is 6.63. The summed E-state index contributed by atoms with van der Waals surface area (Å²) in [5.41, 5.74) is 2.75. The fourth-order valence-electron chi connectivity index (χ4n) is 2.54. The molecular weight excluding hydrogens is 208 g/mol. The predicted molar refractivity (Wildman–Crippen MR) is 73.2 cm³/mol. The van der Waals surface area contributed by atoms with Crippen LogP contribution in [0.15, 0.2) is 24.3 Å². The Hall–Kier alpha value is -0.860. The largest absolute Gasteiger partial charge is 0.315 e. The highest BCUT2D eigenvalue weighted by Crippen LogP contribution is 2.22. The number of benzene rings is 1. The molecule has 94 valence electrons. The van der Waals surface area contributed by atoms with Gasteiger partial charge in [0.25, 0.3) is 0 Å². The van der Waals surface area contributed by atoms with E-state index in [1.54, 1.807) is 0 Å². The summed E-state index contributed by atoms with van der Waals surface area (Å²) in [6.07, 6.45) is 2.56. The summed E-state index contributed by atoms with van der Waals surface area (Å²) in [7, 11) is 0. The quantitative estimate of drug-likeness (QED) is 0.837. The van der Waals surface area contributed by atoms with Crippen molar-refractivity contribution >= 4 is 0 Å². The fourth-order valence-corrected chi connectivity index (χ4v) is 2.54. The maximum Gasteiger partial charge on any atom is 0.0380 e. The summed E-state index contributed by atoms with van der Waals surface area (Å²) < 4.78 is 0. The molecule has 1 aliphatic heterocycles. The average Bonchev–Trinajstić information content (AvgIpc) is 2.30. The summed E-state index contributed by atoms with van der Waals surface area (Å²) in [5, 5.41) is 7.22. The summed E-state index contributed by atoms with van der Waals surface area (Å²) in [4.78, 5) is 0. The van der Waals surface area contributed by atoms with Crippen LogP contribution in [0.25, 0.3) is 0 Å². The Labute approximate surface area is 105 Å². The lowest BCUT2D eigenvalue weighted by Crippen LogP contribution is -2.50. The van der Waals surface area contributed by atoms with Crippen molar-refractivity contribution in [2.75, 3.05) is 13.1 Å². The van der Waals surface area contributed by atoms with E-state index in [2.05, 4.69) is 55.7 Å². The van der Waals surface area contributed by atoms with Crippen LogP contribution in [0.2, 0.25) is 0 Å². The van der Waals surface area contributed by atoms with Gasteiger partial charge < -0.3 is 10.6 Å². The lowest BCUT2D eigenvalue weighted by atomic mass is 9.91. The lowest BCUT2D eigenvalue weighted by Gasteiger charge is -2.34. The van der Waals surface area contributed by atoms with E-state index in [4.69, 9.17) is 0 Å². The van der Waals surface area contributed by atoms with Crippen LogP contribution in [0, 0.1) is 6.92 Å².